The zero-order chi connectivity index (χ0) is 25.7. The predicted octanol–water partition coefficient (Wildman–Crippen LogP) is 0.948. The molecule has 2 aliphatic rings. The summed E-state index contributed by atoms with van der Waals surface area (Å²) < 4.78 is 0. The Morgan fingerprint density at radius 1 is 1.19 bits per heavy atom. The Balaban J connectivity index is 1.36. The molecule has 3 heterocycles. The summed E-state index contributed by atoms with van der Waals surface area (Å²) in [5, 5.41) is 11.4. The molecule has 0 radical (unpaired) electrons. The molecular weight excluding hydrogens is 458 g/mol. The molecule has 2 saturated heterocycles. The lowest BCUT2D eigenvalue weighted by Crippen LogP contribution is -2.59. The molecule has 0 bridgehead atoms. The molecule has 196 valence electrons. The quantitative estimate of drug-likeness (QED) is 0.424. The topological polar surface area (TPSA) is 131 Å². The van der Waals surface area contributed by atoms with Gasteiger partial charge in [-0.1, -0.05) is 36.8 Å². The number of aliphatic hydroxyl groups is 1. The molecule has 1 atom stereocenters. The number of likely N-dealkylation sites (tertiary alicyclic amines) is 1. The van der Waals surface area contributed by atoms with Gasteiger partial charge >= 0.3 is 0 Å². The van der Waals surface area contributed by atoms with Crippen LogP contribution in [-0.2, 0) is 6.54 Å². The fraction of sp³-hybridized carbons (Fsp3) is 0.577. The van der Waals surface area contributed by atoms with Gasteiger partial charge in [-0.3, -0.25) is 19.4 Å². The fourth-order valence-corrected chi connectivity index (χ4v) is 5.37. The van der Waals surface area contributed by atoms with Crippen LogP contribution in [0.5, 0.6) is 0 Å². The number of piperazine rings is 1. The molecule has 2 fully saturated rings. The molecule has 1 aromatic carbocycles. The van der Waals surface area contributed by atoms with Gasteiger partial charge in [0.15, 0.2) is 11.6 Å². The predicted molar refractivity (Wildman–Crippen MR) is 141 cm³/mol. The summed E-state index contributed by atoms with van der Waals surface area (Å²) in [6.45, 7) is 9.62. The number of carbonyl (C=O) groups is 1. The van der Waals surface area contributed by atoms with Crippen molar-refractivity contribution in [3.8, 4) is 0 Å². The number of nitrogens with two attached hydrogens (primary N) is 1. The third-order valence-corrected chi connectivity index (χ3v) is 7.40. The van der Waals surface area contributed by atoms with E-state index in [1.807, 2.05) is 4.90 Å². The maximum absolute atomic E-state index is 12.8. The number of aryl methyl sites for hydroxylation is 1. The normalized spacial score (nSPS) is 20.0. The largest absolute Gasteiger partial charge is 0.395 e. The van der Waals surface area contributed by atoms with E-state index in [9.17, 15) is 9.59 Å². The summed E-state index contributed by atoms with van der Waals surface area (Å²) in [4.78, 5) is 39.0. The highest BCUT2D eigenvalue weighted by Crippen LogP contribution is 2.25. The number of nitrogens with zero attached hydrogens (tertiary/aromatic N) is 4. The van der Waals surface area contributed by atoms with Gasteiger partial charge in [0.2, 0.25) is 0 Å². The Morgan fingerprint density at radius 3 is 2.58 bits per heavy atom. The number of aliphatic hydroxyl groups excluding tert-OH is 1. The van der Waals surface area contributed by atoms with Gasteiger partial charge in [0.05, 0.1) is 6.61 Å². The number of hydrogen-bond acceptors (Lipinski definition) is 8. The lowest BCUT2D eigenvalue weighted by molar-refractivity contribution is 0.0610. The van der Waals surface area contributed by atoms with E-state index in [4.69, 9.17) is 10.8 Å². The lowest BCUT2D eigenvalue weighted by Gasteiger charge is -2.47. The number of H-pyrrole nitrogens is 1. The number of nitrogens with one attached hydrogen (secondary N) is 2. The van der Waals surface area contributed by atoms with Crippen molar-refractivity contribution in [2.45, 2.75) is 51.7 Å². The van der Waals surface area contributed by atoms with Crippen LogP contribution in [0.3, 0.4) is 0 Å². The summed E-state index contributed by atoms with van der Waals surface area (Å²) >= 11 is 0. The molecule has 1 amide bonds. The van der Waals surface area contributed by atoms with Crippen LogP contribution in [0.1, 0.15) is 47.8 Å². The maximum Gasteiger partial charge on any atom is 0.291 e. The second-order valence-corrected chi connectivity index (χ2v) is 9.87. The van der Waals surface area contributed by atoms with E-state index in [1.165, 1.54) is 11.1 Å². The van der Waals surface area contributed by atoms with E-state index in [0.717, 1.165) is 45.4 Å². The minimum absolute atomic E-state index is 0.0172. The highest BCUT2D eigenvalue weighted by Gasteiger charge is 2.34. The van der Waals surface area contributed by atoms with Crippen molar-refractivity contribution >= 4 is 17.5 Å². The first-order valence-electron chi connectivity index (χ1n) is 13.0. The summed E-state index contributed by atoms with van der Waals surface area (Å²) in [5.74, 6) is -0.309. The Bertz CT molecular complexity index is 1080. The highest BCUT2D eigenvalue weighted by atomic mass is 16.3. The lowest BCUT2D eigenvalue weighted by atomic mass is 9.97. The zero-order valence-electron chi connectivity index (χ0n) is 21.4. The van der Waals surface area contributed by atoms with Crippen LogP contribution in [0.4, 0.5) is 11.6 Å². The van der Waals surface area contributed by atoms with Crippen molar-refractivity contribution in [2.24, 2.45) is 0 Å². The van der Waals surface area contributed by atoms with Gasteiger partial charge in [0.1, 0.15) is 5.69 Å². The summed E-state index contributed by atoms with van der Waals surface area (Å²) in [5.41, 5.74) is 8.18. The van der Waals surface area contributed by atoms with Crippen LogP contribution in [0.15, 0.2) is 29.1 Å². The first-order valence-corrected chi connectivity index (χ1v) is 13.0. The van der Waals surface area contributed by atoms with Crippen molar-refractivity contribution in [1.29, 1.82) is 0 Å². The molecule has 36 heavy (non-hydrogen) atoms. The average Bonchev–Trinajstić information content (AvgIpc) is 2.89. The Labute approximate surface area is 212 Å². The maximum atomic E-state index is 12.8. The molecule has 1 unspecified atom stereocenters. The van der Waals surface area contributed by atoms with Crippen molar-refractivity contribution < 1.29 is 9.90 Å². The van der Waals surface area contributed by atoms with Crippen LogP contribution < -0.4 is 21.5 Å². The van der Waals surface area contributed by atoms with E-state index >= 15 is 0 Å². The third-order valence-electron chi connectivity index (χ3n) is 7.40. The van der Waals surface area contributed by atoms with Gasteiger partial charge in [-0.15, -0.1) is 0 Å². The first-order chi connectivity index (χ1) is 17.4. The SMILES string of the molecule is CCC1CN(c2nc(N)c(C(=O)NCCO)[nH]c2=O)CCN1C1CCN(Cc2ccc(C)cc2)CC1. The smallest absolute Gasteiger partial charge is 0.291 e. The molecule has 4 rings (SSSR count). The van der Waals surface area contributed by atoms with Gasteiger partial charge in [-0.05, 0) is 44.8 Å². The van der Waals surface area contributed by atoms with E-state index in [1.54, 1.807) is 0 Å². The van der Waals surface area contributed by atoms with Crippen LogP contribution in [0.25, 0.3) is 0 Å². The molecule has 0 saturated carbocycles. The summed E-state index contributed by atoms with van der Waals surface area (Å²) in [6, 6.07) is 9.68. The van der Waals surface area contributed by atoms with Crippen molar-refractivity contribution in [2.75, 3.05) is 56.5 Å². The Kier molecular flexibility index (Phi) is 8.60. The highest BCUT2D eigenvalue weighted by molar-refractivity contribution is 5.96. The number of amides is 1. The molecule has 0 spiro atoms. The average molecular weight is 498 g/mol. The van der Waals surface area contributed by atoms with Crippen molar-refractivity contribution in [3.63, 3.8) is 0 Å². The zero-order valence-corrected chi connectivity index (χ0v) is 21.4. The van der Waals surface area contributed by atoms with Gasteiger partial charge in [0.25, 0.3) is 11.5 Å². The Hall–Kier alpha value is -2.95. The van der Waals surface area contributed by atoms with E-state index in [-0.39, 0.29) is 30.5 Å². The summed E-state index contributed by atoms with van der Waals surface area (Å²) in [7, 11) is 0. The van der Waals surface area contributed by atoms with Gasteiger partial charge in [0, 0.05) is 44.8 Å². The second-order valence-electron chi connectivity index (χ2n) is 9.87. The molecule has 10 heteroatoms. The van der Waals surface area contributed by atoms with Crippen molar-refractivity contribution in [3.05, 3.63) is 51.4 Å². The second kappa shape index (κ2) is 11.9. The number of nitrogen functional groups attached to an aromatic ring is 1. The molecular formula is C26H39N7O3. The number of aromatic amines is 1. The number of rotatable bonds is 8. The number of aromatic nitrogens is 2. The van der Waals surface area contributed by atoms with Gasteiger partial charge < -0.3 is 26.0 Å². The third kappa shape index (κ3) is 6.05. The molecule has 2 aromatic rings. The van der Waals surface area contributed by atoms with Crippen LogP contribution in [0, 0.1) is 6.92 Å². The van der Waals surface area contributed by atoms with E-state index in [0.29, 0.717) is 25.2 Å². The number of hydrogen-bond donors (Lipinski definition) is 4. The molecule has 2 aliphatic heterocycles. The summed E-state index contributed by atoms with van der Waals surface area (Å²) in [6.07, 6.45) is 3.27. The van der Waals surface area contributed by atoms with Gasteiger partial charge in [-0.25, -0.2) is 4.98 Å². The standard InChI is InChI=1S/C26H39N7O3/c1-3-20-17-32(24-26(36)29-22(23(27)30-24)25(35)28-10-15-34)13-14-33(20)21-8-11-31(12-9-21)16-19-6-4-18(2)5-7-19/h4-7,20-21,34H,3,8-17H2,1-2H3,(H2,27,30)(H,28,35)(H,29,36). The molecule has 0 aliphatic carbocycles. The number of piperidine rings is 1. The van der Waals surface area contributed by atoms with E-state index < -0.39 is 11.5 Å². The monoisotopic (exact) mass is 497 g/mol. The fourth-order valence-electron chi connectivity index (χ4n) is 5.37. The minimum atomic E-state index is -0.553. The first kappa shape index (κ1) is 26.1. The minimum Gasteiger partial charge on any atom is -0.395 e. The molecule has 5 N–H and O–H groups in total. The number of carbonyl (C=O) groups excluding carboxylic acids is 1. The van der Waals surface area contributed by atoms with Crippen molar-refractivity contribution in [1.82, 2.24) is 25.1 Å². The Morgan fingerprint density at radius 2 is 1.92 bits per heavy atom. The van der Waals surface area contributed by atoms with Crippen LogP contribution in [0.2, 0.25) is 0 Å². The molecule has 10 nitrogen and oxygen atoms in total. The molecule has 1 aromatic heterocycles. The van der Waals surface area contributed by atoms with Gasteiger partial charge in [-0.2, -0.15) is 0 Å². The van der Waals surface area contributed by atoms with Crippen LogP contribution >= 0.6 is 0 Å². The number of benzene rings is 1. The van der Waals surface area contributed by atoms with E-state index in [2.05, 4.69) is 63.2 Å². The van der Waals surface area contributed by atoms with Crippen LogP contribution in [-0.4, -0.2) is 88.7 Å². The number of anilines is 2.